The lowest BCUT2D eigenvalue weighted by Crippen LogP contribution is -2.19. The molecule has 0 aliphatic heterocycles. The molecule has 0 aliphatic rings. The molecule has 4 rings (SSSR count). The molecule has 0 spiro atoms. The van der Waals surface area contributed by atoms with Crippen molar-refractivity contribution >= 4 is 22.9 Å². The van der Waals surface area contributed by atoms with Crippen LogP contribution in [0.25, 0.3) is 22.6 Å². The molecular weight excluding hydrogens is 362 g/mol. The molecule has 0 saturated heterocycles. The number of nitrogens with zero attached hydrogens (tertiary/aromatic N) is 4. The molecule has 144 valence electrons. The second-order valence-electron chi connectivity index (χ2n) is 6.57. The van der Waals surface area contributed by atoms with Gasteiger partial charge in [0.2, 0.25) is 0 Å². The third-order valence-corrected chi connectivity index (χ3v) is 4.16. The molecule has 3 aromatic heterocycles. The van der Waals surface area contributed by atoms with Crippen LogP contribution in [0.2, 0.25) is 0 Å². The lowest BCUT2D eigenvalue weighted by Gasteiger charge is -2.09. The summed E-state index contributed by atoms with van der Waals surface area (Å²) in [5, 5.41) is 15.6. The summed E-state index contributed by atoms with van der Waals surface area (Å²) in [7, 11) is 1.57. The van der Waals surface area contributed by atoms with E-state index < -0.39 is 0 Å². The van der Waals surface area contributed by atoms with Crippen molar-refractivity contribution in [2.24, 2.45) is 0 Å². The van der Waals surface area contributed by atoms with Gasteiger partial charge in [-0.25, -0.2) is 0 Å². The van der Waals surface area contributed by atoms with Crippen LogP contribution in [0.5, 0.6) is 5.75 Å². The normalized spacial score (nSPS) is 11.3. The number of rotatable bonds is 5. The van der Waals surface area contributed by atoms with Crippen molar-refractivity contribution in [1.29, 1.82) is 0 Å². The lowest BCUT2D eigenvalue weighted by molar-refractivity contribution is 0.101. The van der Waals surface area contributed by atoms with Crippen molar-refractivity contribution < 1.29 is 18.4 Å². The highest BCUT2D eigenvalue weighted by Gasteiger charge is 2.20. The van der Waals surface area contributed by atoms with E-state index in [1.807, 2.05) is 32.9 Å². The molecule has 4 aromatic rings. The molecule has 1 aromatic carbocycles. The van der Waals surface area contributed by atoms with E-state index >= 15 is 0 Å². The number of amides is 1. The number of nitrogens with one attached hydrogen (secondary N) is 1. The van der Waals surface area contributed by atoms with Crippen LogP contribution in [0.4, 0.5) is 6.01 Å². The van der Waals surface area contributed by atoms with Gasteiger partial charge in [0.25, 0.3) is 11.8 Å². The lowest BCUT2D eigenvalue weighted by atomic mass is 10.2. The monoisotopic (exact) mass is 381 g/mol. The summed E-state index contributed by atoms with van der Waals surface area (Å²) < 4.78 is 18.3. The summed E-state index contributed by atoms with van der Waals surface area (Å²) in [6.45, 7) is 5.73. The van der Waals surface area contributed by atoms with E-state index in [2.05, 4.69) is 20.6 Å². The molecule has 0 bridgehead atoms. The molecule has 1 N–H and O–H groups in total. The first-order valence-electron chi connectivity index (χ1n) is 8.74. The molecule has 0 unspecified atom stereocenters. The second kappa shape index (κ2) is 6.84. The number of fused-ring (bicyclic) bond motifs is 1. The van der Waals surface area contributed by atoms with Gasteiger partial charge < -0.3 is 13.6 Å². The fourth-order valence-electron chi connectivity index (χ4n) is 2.92. The molecular formula is C19H19N5O4. The van der Waals surface area contributed by atoms with Crippen LogP contribution in [0.1, 0.15) is 36.1 Å². The zero-order valence-electron chi connectivity index (χ0n) is 15.9. The van der Waals surface area contributed by atoms with Crippen LogP contribution in [-0.2, 0) is 0 Å². The number of aryl methyl sites for hydroxylation is 1. The van der Waals surface area contributed by atoms with Crippen LogP contribution in [0.3, 0.4) is 0 Å². The van der Waals surface area contributed by atoms with Gasteiger partial charge in [0.1, 0.15) is 5.69 Å². The van der Waals surface area contributed by atoms with Crippen LogP contribution >= 0.6 is 0 Å². The first kappa shape index (κ1) is 17.8. The number of anilines is 1. The van der Waals surface area contributed by atoms with Crippen LogP contribution in [0, 0.1) is 6.92 Å². The van der Waals surface area contributed by atoms with Crippen molar-refractivity contribution in [2.45, 2.75) is 26.8 Å². The maximum Gasteiger partial charge on any atom is 0.322 e. The number of hydrogen-bond acceptors (Lipinski definition) is 7. The summed E-state index contributed by atoms with van der Waals surface area (Å²) in [4.78, 5) is 12.6. The Kier molecular flexibility index (Phi) is 4.34. The Labute approximate surface area is 160 Å². The Morgan fingerprint density at radius 3 is 2.79 bits per heavy atom. The molecule has 0 saturated carbocycles. The van der Waals surface area contributed by atoms with Crippen molar-refractivity contribution in [1.82, 2.24) is 20.0 Å². The largest absolute Gasteiger partial charge is 0.493 e. The van der Waals surface area contributed by atoms with Gasteiger partial charge in [-0.1, -0.05) is 17.2 Å². The van der Waals surface area contributed by atoms with Gasteiger partial charge in [-0.3, -0.25) is 14.8 Å². The number of carbonyl (C=O) groups is 1. The van der Waals surface area contributed by atoms with Gasteiger partial charge in [-0.2, -0.15) is 5.10 Å². The molecule has 1 amide bonds. The number of methoxy groups -OCH3 is 1. The van der Waals surface area contributed by atoms with Crippen molar-refractivity contribution in [2.75, 3.05) is 12.4 Å². The number of aromatic nitrogens is 4. The minimum absolute atomic E-state index is 0.0263. The molecule has 0 fully saturated rings. The molecule has 0 aliphatic carbocycles. The first-order valence-corrected chi connectivity index (χ1v) is 8.74. The van der Waals surface area contributed by atoms with Gasteiger partial charge in [0, 0.05) is 11.4 Å². The zero-order chi connectivity index (χ0) is 19.8. The molecule has 9 heteroatoms. The van der Waals surface area contributed by atoms with E-state index in [0.717, 1.165) is 11.1 Å². The smallest absolute Gasteiger partial charge is 0.322 e. The van der Waals surface area contributed by atoms with E-state index in [0.29, 0.717) is 22.8 Å². The van der Waals surface area contributed by atoms with Gasteiger partial charge in [0.15, 0.2) is 17.1 Å². The maximum atomic E-state index is 12.6. The van der Waals surface area contributed by atoms with Gasteiger partial charge in [-0.15, -0.1) is 5.10 Å². The summed E-state index contributed by atoms with van der Waals surface area (Å²) in [6, 6.07) is 9.04. The number of carbonyl (C=O) groups excluding carboxylic acids is 1. The van der Waals surface area contributed by atoms with Crippen molar-refractivity contribution in [3.05, 3.63) is 41.7 Å². The Bertz CT molecular complexity index is 1150. The molecule has 0 radical (unpaired) electrons. The average Bonchev–Trinajstić information content (AvgIpc) is 3.38. The third kappa shape index (κ3) is 3.11. The average molecular weight is 381 g/mol. The Morgan fingerprint density at radius 1 is 1.21 bits per heavy atom. The summed E-state index contributed by atoms with van der Waals surface area (Å²) in [5.41, 5.74) is 1.75. The number of para-hydroxylation sites is 1. The van der Waals surface area contributed by atoms with E-state index in [9.17, 15) is 4.79 Å². The summed E-state index contributed by atoms with van der Waals surface area (Å²) in [5.74, 6) is 0.766. The van der Waals surface area contributed by atoms with Crippen molar-refractivity contribution in [3.8, 4) is 17.4 Å². The zero-order valence-corrected chi connectivity index (χ0v) is 15.9. The maximum absolute atomic E-state index is 12.6. The van der Waals surface area contributed by atoms with Gasteiger partial charge >= 0.3 is 6.01 Å². The van der Waals surface area contributed by atoms with Gasteiger partial charge in [0.05, 0.1) is 12.8 Å². The minimum Gasteiger partial charge on any atom is -0.493 e. The number of hydrogen-bond donors (Lipinski definition) is 1. The summed E-state index contributed by atoms with van der Waals surface area (Å²) in [6.07, 6.45) is 0. The fourth-order valence-corrected chi connectivity index (χ4v) is 2.92. The Morgan fingerprint density at radius 2 is 2.04 bits per heavy atom. The SMILES string of the molecule is COc1cccc2cc(-c3nnc(NC(=O)c4cc(C)nn4C(C)C)o3)oc12. The fraction of sp³-hybridized carbons (Fsp3) is 0.263. The second-order valence-corrected chi connectivity index (χ2v) is 6.57. The van der Waals surface area contributed by atoms with E-state index in [1.54, 1.807) is 30.0 Å². The topological polar surface area (TPSA) is 108 Å². The number of furan rings is 1. The molecule has 3 heterocycles. The van der Waals surface area contributed by atoms with E-state index in [-0.39, 0.29) is 23.9 Å². The van der Waals surface area contributed by atoms with Crippen LogP contribution in [0.15, 0.2) is 39.2 Å². The van der Waals surface area contributed by atoms with Crippen LogP contribution < -0.4 is 10.1 Å². The highest BCUT2D eigenvalue weighted by Crippen LogP contribution is 2.33. The minimum atomic E-state index is -0.379. The highest BCUT2D eigenvalue weighted by molar-refractivity contribution is 6.02. The third-order valence-electron chi connectivity index (χ3n) is 4.16. The van der Waals surface area contributed by atoms with Crippen LogP contribution in [-0.4, -0.2) is 33.0 Å². The highest BCUT2D eigenvalue weighted by atomic mass is 16.5. The van der Waals surface area contributed by atoms with E-state index in [1.165, 1.54) is 0 Å². The Hall–Kier alpha value is -3.62. The summed E-state index contributed by atoms with van der Waals surface area (Å²) >= 11 is 0. The predicted molar refractivity (Wildman–Crippen MR) is 101 cm³/mol. The van der Waals surface area contributed by atoms with Gasteiger partial charge in [-0.05, 0) is 39.0 Å². The van der Waals surface area contributed by atoms with E-state index in [4.69, 9.17) is 13.6 Å². The number of ether oxygens (including phenoxy) is 1. The van der Waals surface area contributed by atoms with Crippen molar-refractivity contribution in [3.63, 3.8) is 0 Å². The first-order chi connectivity index (χ1) is 13.5. The predicted octanol–water partition coefficient (Wildman–Crippen LogP) is 3.83. The standard InChI is InChI=1S/C19H19N5O4/c1-10(2)24-13(8-11(3)23-24)17(25)20-19-22-21-18(28-19)15-9-12-6-5-7-14(26-4)16(12)27-15/h5-10H,1-4H3,(H,20,22,25). The molecule has 9 nitrogen and oxygen atoms in total. The Balaban J connectivity index is 1.59. The number of benzene rings is 1. The quantitative estimate of drug-likeness (QED) is 0.559. The molecule has 28 heavy (non-hydrogen) atoms. The molecule has 0 atom stereocenters.